The van der Waals surface area contributed by atoms with Crippen molar-refractivity contribution in [1.29, 1.82) is 0 Å². The third-order valence-electron chi connectivity index (χ3n) is 2.92. The Hall–Kier alpha value is -0.580. The quantitative estimate of drug-likeness (QED) is 0.744. The number of hydrogen-bond donors (Lipinski definition) is 1. The van der Waals surface area contributed by atoms with Crippen LogP contribution in [-0.2, 0) is 12.8 Å². The molecule has 0 unspecified atom stereocenters. The van der Waals surface area contributed by atoms with Crippen LogP contribution in [0, 0.1) is 3.57 Å². The van der Waals surface area contributed by atoms with Crippen molar-refractivity contribution in [1.82, 2.24) is 9.97 Å². The fraction of sp³-hybridized carbons (Fsp3) is 0.364. The van der Waals surface area contributed by atoms with Crippen LogP contribution in [0.25, 0.3) is 11.0 Å². The molecule has 0 amide bonds. The molecule has 1 aliphatic carbocycles. The second-order valence-corrected chi connectivity index (χ2v) is 5.08. The molecule has 0 fully saturated rings. The molecule has 0 bridgehead atoms. The van der Waals surface area contributed by atoms with Gasteiger partial charge in [0.2, 0.25) is 0 Å². The molecule has 2 aromatic rings. The molecule has 0 aliphatic heterocycles. The molecule has 14 heavy (non-hydrogen) atoms. The average molecular weight is 298 g/mol. The summed E-state index contributed by atoms with van der Waals surface area (Å²) in [5.41, 5.74) is 4.00. The van der Waals surface area contributed by atoms with E-state index >= 15 is 0 Å². The Bertz CT molecular complexity index is 487. The van der Waals surface area contributed by atoms with E-state index in [4.69, 9.17) is 0 Å². The van der Waals surface area contributed by atoms with Gasteiger partial charge in [0.1, 0.15) is 5.65 Å². The van der Waals surface area contributed by atoms with E-state index in [1.54, 1.807) is 0 Å². The number of aromatic amines is 1. The number of rotatable bonds is 0. The molecule has 1 aliphatic rings. The van der Waals surface area contributed by atoms with Crippen LogP contribution in [0.5, 0.6) is 0 Å². The number of halogens is 1. The van der Waals surface area contributed by atoms with E-state index in [1.165, 1.54) is 45.9 Å². The first-order chi connectivity index (χ1) is 6.84. The van der Waals surface area contributed by atoms with Crippen molar-refractivity contribution >= 4 is 33.6 Å². The molecule has 0 saturated carbocycles. The zero-order valence-corrected chi connectivity index (χ0v) is 9.97. The molecule has 0 atom stereocenters. The molecule has 2 aromatic heterocycles. The lowest BCUT2D eigenvalue weighted by Crippen LogP contribution is -1.99. The van der Waals surface area contributed by atoms with Gasteiger partial charge in [-0.2, -0.15) is 0 Å². The van der Waals surface area contributed by atoms with Gasteiger partial charge in [-0.3, -0.25) is 0 Å². The lowest BCUT2D eigenvalue weighted by Gasteiger charge is -2.09. The molecule has 0 aromatic carbocycles. The molecule has 72 valence electrons. The van der Waals surface area contributed by atoms with Gasteiger partial charge in [0.15, 0.2) is 0 Å². The summed E-state index contributed by atoms with van der Waals surface area (Å²) in [6.07, 6.45) is 6.98. The first-order valence-electron chi connectivity index (χ1n) is 4.99. The summed E-state index contributed by atoms with van der Waals surface area (Å²) in [5, 5.41) is 1.34. The largest absolute Gasteiger partial charge is 0.343 e. The number of pyridine rings is 1. The van der Waals surface area contributed by atoms with Gasteiger partial charge in [0.05, 0.1) is 0 Å². The Morgan fingerprint density at radius 2 is 2.14 bits per heavy atom. The highest BCUT2D eigenvalue weighted by molar-refractivity contribution is 14.1. The summed E-state index contributed by atoms with van der Waals surface area (Å²) in [4.78, 5) is 7.85. The van der Waals surface area contributed by atoms with Gasteiger partial charge in [-0.05, 0) is 59.9 Å². The highest BCUT2D eigenvalue weighted by Gasteiger charge is 2.15. The Morgan fingerprint density at radius 1 is 1.29 bits per heavy atom. The molecular weight excluding hydrogens is 287 g/mol. The molecule has 1 N–H and O–H groups in total. The Kier molecular flexibility index (Phi) is 2.00. The Morgan fingerprint density at radius 3 is 3.07 bits per heavy atom. The van der Waals surface area contributed by atoms with Crippen LogP contribution < -0.4 is 0 Å². The van der Waals surface area contributed by atoms with Crippen LogP contribution in [0.4, 0.5) is 0 Å². The van der Waals surface area contributed by atoms with Gasteiger partial charge >= 0.3 is 0 Å². The second kappa shape index (κ2) is 3.22. The van der Waals surface area contributed by atoms with Gasteiger partial charge < -0.3 is 4.98 Å². The monoisotopic (exact) mass is 298 g/mol. The van der Waals surface area contributed by atoms with Gasteiger partial charge in [0, 0.05) is 20.8 Å². The number of fused-ring (bicyclic) bond motifs is 3. The van der Waals surface area contributed by atoms with E-state index in [0.29, 0.717) is 0 Å². The van der Waals surface area contributed by atoms with Crippen molar-refractivity contribution in [3.63, 3.8) is 0 Å². The summed E-state index contributed by atoms with van der Waals surface area (Å²) in [7, 11) is 0. The lowest BCUT2D eigenvalue weighted by molar-refractivity contribution is 0.680. The maximum absolute atomic E-state index is 4.42. The van der Waals surface area contributed by atoms with Crippen molar-refractivity contribution in [2.24, 2.45) is 0 Å². The van der Waals surface area contributed by atoms with E-state index in [-0.39, 0.29) is 0 Å². The van der Waals surface area contributed by atoms with Gasteiger partial charge in [-0.25, -0.2) is 4.98 Å². The van der Waals surface area contributed by atoms with Gasteiger partial charge in [-0.15, -0.1) is 0 Å². The lowest BCUT2D eigenvalue weighted by atomic mass is 9.96. The minimum Gasteiger partial charge on any atom is -0.343 e. The molecular formula is C11H11IN2. The van der Waals surface area contributed by atoms with E-state index in [1.807, 2.05) is 6.20 Å². The van der Waals surface area contributed by atoms with Crippen molar-refractivity contribution in [3.8, 4) is 0 Å². The Balaban J connectivity index is 2.32. The number of nitrogens with zero attached hydrogens (tertiary/aromatic N) is 1. The van der Waals surface area contributed by atoms with E-state index < -0.39 is 0 Å². The van der Waals surface area contributed by atoms with Crippen molar-refractivity contribution in [3.05, 3.63) is 27.1 Å². The first-order valence-corrected chi connectivity index (χ1v) is 6.07. The van der Waals surface area contributed by atoms with Crippen LogP contribution in [-0.4, -0.2) is 9.97 Å². The standard InChI is InChI=1S/C11H11IN2/c12-7-5-9-8-3-1-2-4-10(8)14-11(9)13-6-7/h5-6H,1-4H2,(H,13,14). The predicted octanol–water partition coefficient (Wildman–Crippen LogP) is 3.05. The number of hydrogen-bond acceptors (Lipinski definition) is 1. The average Bonchev–Trinajstić information content (AvgIpc) is 2.56. The second-order valence-electron chi connectivity index (χ2n) is 3.84. The fourth-order valence-electron chi connectivity index (χ4n) is 2.25. The van der Waals surface area contributed by atoms with E-state index in [0.717, 1.165) is 5.65 Å². The van der Waals surface area contributed by atoms with Gasteiger partial charge in [0.25, 0.3) is 0 Å². The summed E-state index contributed by atoms with van der Waals surface area (Å²) in [6.45, 7) is 0. The number of H-pyrrole nitrogens is 1. The minimum atomic E-state index is 1.07. The maximum atomic E-state index is 4.42. The molecule has 2 heterocycles. The smallest absolute Gasteiger partial charge is 0.137 e. The Labute approximate surface area is 96.3 Å². The van der Waals surface area contributed by atoms with E-state index in [9.17, 15) is 0 Å². The minimum absolute atomic E-state index is 1.07. The van der Waals surface area contributed by atoms with Crippen molar-refractivity contribution < 1.29 is 0 Å². The fourth-order valence-corrected chi connectivity index (χ4v) is 2.70. The zero-order valence-electron chi connectivity index (χ0n) is 7.81. The van der Waals surface area contributed by atoms with E-state index in [2.05, 4.69) is 38.6 Å². The highest BCUT2D eigenvalue weighted by Crippen LogP contribution is 2.28. The van der Waals surface area contributed by atoms with Crippen LogP contribution in [0.15, 0.2) is 12.3 Å². The summed E-state index contributed by atoms with van der Waals surface area (Å²) in [5.74, 6) is 0. The van der Waals surface area contributed by atoms with Crippen LogP contribution >= 0.6 is 22.6 Å². The third-order valence-corrected chi connectivity index (χ3v) is 3.51. The molecule has 0 spiro atoms. The topological polar surface area (TPSA) is 28.7 Å². The number of aromatic nitrogens is 2. The van der Waals surface area contributed by atoms with Crippen LogP contribution in [0.2, 0.25) is 0 Å². The molecule has 2 nitrogen and oxygen atoms in total. The van der Waals surface area contributed by atoms with Gasteiger partial charge in [-0.1, -0.05) is 0 Å². The normalized spacial score (nSPS) is 15.8. The van der Waals surface area contributed by atoms with Crippen molar-refractivity contribution in [2.45, 2.75) is 25.7 Å². The molecule has 3 rings (SSSR count). The summed E-state index contributed by atoms with van der Waals surface area (Å²) < 4.78 is 1.22. The molecule has 3 heteroatoms. The number of aryl methyl sites for hydroxylation is 2. The molecule has 0 radical (unpaired) electrons. The highest BCUT2D eigenvalue weighted by atomic mass is 127. The maximum Gasteiger partial charge on any atom is 0.137 e. The third kappa shape index (κ3) is 1.26. The van der Waals surface area contributed by atoms with Crippen molar-refractivity contribution in [2.75, 3.05) is 0 Å². The SMILES string of the molecule is Ic1cnc2[nH]c3c(c2c1)CCCC3. The number of nitrogens with one attached hydrogen (secondary N) is 1. The van der Waals surface area contributed by atoms with Crippen LogP contribution in [0.3, 0.4) is 0 Å². The van der Waals surface area contributed by atoms with Crippen LogP contribution in [0.1, 0.15) is 24.1 Å². The summed E-state index contributed by atoms with van der Waals surface area (Å²) in [6, 6.07) is 2.24. The predicted molar refractivity (Wildman–Crippen MR) is 65.5 cm³/mol. The zero-order chi connectivity index (χ0) is 9.54. The molecule has 0 saturated heterocycles. The summed E-state index contributed by atoms with van der Waals surface area (Å²) >= 11 is 2.32. The first kappa shape index (κ1) is 8.71.